The van der Waals surface area contributed by atoms with Crippen molar-refractivity contribution in [2.24, 2.45) is 5.92 Å². The minimum absolute atomic E-state index is 0.00839. The quantitative estimate of drug-likeness (QED) is 0.516. The van der Waals surface area contributed by atoms with Gasteiger partial charge in [-0.25, -0.2) is 15.0 Å². The van der Waals surface area contributed by atoms with Crippen LogP contribution in [0.25, 0.3) is 0 Å². The molecule has 4 rings (SSSR count). The van der Waals surface area contributed by atoms with Gasteiger partial charge < -0.3 is 10.2 Å². The van der Waals surface area contributed by atoms with Gasteiger partial charge in [-0.1, -0.05) is 30.3 Å². The molecular weight excluding hydrogens is 458 g/mol. The molecule has 186 valence electrons. The molecule has 9 heteroatoms. The molecule has 1 fully saturated rings. The first-order valence-corrected chi connectivity index (χ1v) is 12.9. The molecule has 1 amide bonds. The molecule has 1 aromatic carbocycles. The first-order chi connectivity index (χ1) is 16.9. The van der Waals surface area contributed by atoms with E-state index in [1.54, 1.807) is 6.33 Å². The summed E-state index contributed by atoms with van der Waals surface area (Å²) in [5.41, 5.74) is 3.32. The minimum atomic E-state index is -0.00839. The highest BCUT2D eigenvalue weighted by Gasteiger charge is 2.25. The first kappa shape index (κ1) is 25.2. The lowest BCUT2D eigenvalue weighted by molar-refractivity contribution is -0.117. The Labute approximate surface area is 212 Å². The summed E-state index contributed by atoms with van der Waals surface area (Å²) in [7, 11) is 3.98. The molecule has 8 nitrogen and oxygen atoms in total. The minimum Gasteiger partial charge on any atom is -0.363 e. The summed E-state index contributed by atoms with van der Waals surface area (Å²) < 4.78 is 0. The number of rotatable bonds is 8. The maximum absolute atomic E-state index is 12.8. The van der Waals surface area contributed by atoms with Crippen LogP contribution in [0.15, 0.2) is 42.7 Å². The number of anilines is 2. The molecule has 1 atom stereocenters. The largest absolute Gasteiger partial charge is 0.363 e. The second kappa shape index (κ2) is 11.7. The predicted octanol–water partition coefficient (Wildman–Crippen LogP) is 3.23. The van der Waals surface area contributed by atoms with Crippen LogP contribution in [0.4, 0.5) is 10.9 Å². The molecule has 1 N–H and O–H groups in total. The van der Waals surface area contributed by atoms with Gasteiger partial charge in [0.05, 0.1) is 12.2 Å². The molecule has 1 aliphatic rings. The SMILES string of the molecule is Cc1nc(NC(=O)CN2CCN(Cc3ccccc3)CC(Cc3cc(N(C)C)ncn3)C2)sc1C. The van der Waals surface area contributed by atoms with Gasteiger partial charge in [-0.2, -0.15) is 0 Å². The first-order valence-electron chi connectivity index (χ1n) is 12.1. The van der Waals surface area contributed by atoms with Crippen LogP contribution in [0.3, 0.4) is 0 Å². The molecule has 0 saturated carbocycles. The summed E-state index contributed by atoms with van der Waals surface area (Å²) in [6.45, 7) is 8.83. The third-order valence-electron chi connectivity index (χ3n) is 6.32. The van der Waals surface area contributed by atoms with E-state index in [1.165, 1.54) is 16.9 Å². The van der Waals surface area contributed by atoms with E-state index in [2.05, 4.69) is 66.5 Å². The maximum atomic E-state index is 12.8. The average molecular weight is 494 g/mol. The summed E-state index contributed by atoms with van der Waals surface area (Å²) in [5, 5.41) is 3.67. The van der Waals surface area contributed by atoms with Gasteiger partial charge in [-0.05, 0) is 31.7 Å². The van der Waals surface area contributed by atoms with Gasteiger partial charge in [0.1, 0.15) is 12.1 Å². The van der Waals surface area contributed by atoms with Gasteiger partial charge in [0.25, 0.3) is 0 Å². The summed E-state index contributed by atoms with van der Waals surface area (Å²) in [4.78, 5) is 34.1. The lowest BCUT2D eigenvalue weighted by Gasteiger charge is -2.24. The van der Waals surface area contributed by atoms with E-state index < -0.39 is 0 Å². The standard InChI is InChI=1S/C26H35N7OS/c1-19-20(2)35-26(29-19)30-25(34)17-33-11-10-32(14-21-8-6-5-7-9-21)15-22(16-33)12-23-13-24(31(3)4)28-18-27-23/h5-9,13,18,22H,10-12,14-17H2,1-4H3,(H,29,30,34). The predicted molar refractivity (Wildman–Crippen MR) is 142 cm³/mol. The van der Waals surface area contributed by atoms with Crippen molar-refractivity contribution in [3.8, 4) is 0 Å². The third-order valence-corrected chi connectivity index (χ3v) is 7.31. The Morgan fingerprint density at radius 1 is 1.11 bits per heavy atom. The molecule has 1 aliphatic heterocycles. The van der Waals surface area contributed by atoms with Crippen molar-refractivity contribution in [3.63, 3.8) is 0 Å². The average Bonchev–Trinajstić information content (AvgIpc) is 3.02. The highest BCUT2D eigenvalue weighted by Crippen LogP contribution is 2.22. The lowest BCUT2D eigenvalue weighted by Crippen LogP contribution is -2.37. The van der Waals surface area contributed by atoms with Gasteiger partial charge in [0, 0.05) is 63.5 Å². The van der Waals surface area contributed by atoms with E-state index in [4.69, 9.17) is 0 Å². The van der Waals surface area contributed by atoms with Crippen molar-refractivity contribution in [1.82, 2.24) is 24.8 Å². The summed E-state index contributed by atoms with van der Waals surface area (Å²) >= 11 is 1.53. The topological polar surface area (TPSA) is 77.5 Å². The molecule has 2 aromatic heterocycles. The van der Waals surface area contributed by atoms with Crippen LogP contribution in [0.5, 0.6) is 0 Å². The van der Waals surface area contributed by atoms with Crippen LogP contribution in [0.2, 0.25) is 0 Å². The lowest BCUT2D eigenvalue weighted by atomic mass is 10.0. The smallest absolute Gasteiger partial charge is 0.240 e. The molecule has 0 bridgehead atoms. The molecular formula is C26H35N7OS. The summed E-state index contributed by atoms with van der Waals surface area (Å²) in [5.74, 6) is 1.25. The van der Waals surface area contributed by atoms with E-state index in [9.17, 15) is 4.79 Å². The van der Waals surface area contributed by atoms with Crippen LogP contribution in [0, 0.1) is 19.8 Å². The van der Waals surface area contributed by atoms with Gasteiger partial charge in [-0.15, -0.1) is 11.3 Å². The molecule has 1 unspecified atom stereocenters. The van der Waals surface area contributed by atoms with Crippen molar-refractivity contribution >= 4 is 28.2 Å². The number of carbonyl (C=O) groups excluding carboxylic acids is 1. The van der Waals surface area contributed by atoms with Gasteiger partial charge in [-0.3, -0.25) is 14.6 Å². The third kappa shape index (κ3) is 7.30. The second-order valence-corrected chi connectivity index (χ2v) is 10.7. The Bertz CT molecular complexity index is 1100. The molecule has 3 heterocycles. The summed E-state index contributed by atoms with van der Waals surface area (Å²) in [6.07, 6.45) is 2.49. The zero-order chi connectivity index (χ0) is 24.8. The number of hydrogen-bond donors (Lipinski definition) is 1. The van der Waals surface area contributed by atoms with Crippen LogP contribution in [-0.4, -0.2) is 77.5 Å². The van der Waals surface area contributed by atoms with Crippen LogP contribution in [0.1, 0.15) is 21.8 Å². The van der Waals surface area contributed by atoms with Crippen molar-refractivity contribution in [1.29, 1.82) is 0 Å². The normalized spacial score (nSPS) is 17.2. The molecule has 0 radical (unpaired) electrons. The van der Waals surface area contributed by atoms with Gasteiger partial charge in [0.2, 0.25) is 5.91 Å². The number of benzene rings is 1. The fourth-order valence-corrected chi connectivity index (χ4v) is 5.27. The van der Waals surface area contributed by atoms with E-state index in [1.807, 2.05) is 32.8 Å². The second-order valence-electron chi connectivity index (χ2n) is 9.50. The Hall–Kier alpha value is -2.88. The zero-order valence-electron chi connectivity index (χ0n) is 21.1. The number of carbonyl (C=O) groups is 1. The molecule has 1 saturated heterocycles. The fraction of sp³-hybridized carbons (Fsp3) is 0.462. The highest BCUT2D eigenvalue weighted by atomic mass is 32.1. The van der Waals surface area contributed by atoms with Crippen molar-refractivity contribution in [2.45, 2.75) is 26.8 Å². The summed E-state index contributed by atoms with van der Waals surface area (Å²) in [6, 6.07) is 12.7. The maximum Gasteiger partial charge on any atom is 0.240 e. The highest BCUT2D eigenvalue weighted by molar-refractivity contribution is 7.15. The van der Waals surface area contributed by atoms with Crippen molar-refractivity contribution in [2.75, 3.05) is 57.0 Å². The Morgan fingerprint density at radius 3 is 2.57 bits per heavy atom. The van der Waals surface area contributed by atoms with Gasteiger partial charge in [0.15, 0.2) is 5.13 Å². The van der Waals surface area contributed by atoms with Gasteiger partial charge >= 0.3 is 0 Å². The van der Waals surface area contributed by atoms with E-state index in [0.29, 0.717) is 17.6 Å². The van der Waals surface area contributed by atoms with Crippen molar-refractivity contribution < 1.29 is 4.79 Å². The molecule has 3 aromatic rings. The van der Waals surface area contributed by atoms with Crippen molar-refractivity contribution in [3.05, 3.63) is 64.6 Å². The monoisotopic (exact) mass is 493 g/mol. The number of aryl methyl sites for hydroxylation is 2. The molecule has 0 aliphatic carbocycles. The number of thiazole rings is 1. The number of aromatic nitrogens is 3. The molecule has 0 spiro atoms. The number of hydrogen-bond acceptors (Lipinski definition) is 8. The van der Waals surface area contributed by atoms with E-state index >= 15 is 0 Å². The Balaban J connectivity index is 1.45. The molecule has 35 heavy (non-hydrogen) atoms. The van der Waals surface area contributed by atoms with E-state index in [0.717, 1.165) is 61.2 Å². The van der Waals surface area contributed by atoms with Crippen LogP contribution in [-0.2, 0) is 17.8 Å². The Kier molecular flexibility index (Phi) is 8.43. The fourth-order valence-electron chi connectivity index (χ4n) is 4.44. The number of nitrogens with one attached hydrogen (secondary N) is 1. The number of nitrogens with zero attached hydrogens (tertiary/aromatic N) is 6. The van der Waals surface area contributed by atoms with Crippen LogP contribution >= 0.6 is 11.3 Å². The number of amides is 1. The Morgan fingerprint density at radius 2 is 1.86 bits per heavy atom. The van der Waals surface area contributed by atoms with Crippen LogP contribution < -0.4 is 10.2 Å². The van der Waals surface area contributed by atoms with E-state index in [-0.39, 0.29) is 5.91 Å². The zero-order valence-corrected chi connectivity index (χ0v) is 21.9.